The van der Waals surface area contributed by atoms with E-state index < -0.39 is 0 Å². The van der Waals surface area contributed by atoms with E-state index in [0.29, 0.717) is 34.8 Å². The number of benzene rings is 1. The smallest absolute Gasteiger partial charge is 0.277 e. The van der Waals surface area contributed by atoms with Crippen molar-refractivity contribution in [2.75, 3.05) is 5.75 Å². The summed E-state index contributed by atoms with van der Waals surface area (Å²) < 4.78 is 16.6. The molecular weight excluding hydrogens is 404 g/mol. The van der Waals surface area contributed by atoms with Gasteiger partial charge in [0.05, 0.1) is 18.3 Å². The Labute approximate surface area is 175 Å². The lowest BCUT2D eigenvalue weighted by atomic mass is 10.1. The van der Waals surface area contributed by atoms with E-state index in [1.54, 1.807) is 24.7 Å². The first kappa shape index (κ1) is 18.4. The minimum absolute atomic E-state index is 0.0998. The first-order chi connectivity index (χ1) is 14.8. The molecule has 1 amide bonds. The highest BCUT2D eigenvalue weighted by molar-refractivity contribution is 7.99. The van der Waals surface area contributed by atoms with Crippen LogP contribution in [-0.4, -0.2) is 32.6 Å². The monoisotopic (exact) mass is 420 g/mol. The van der Waals surface area contributed by atoms with Crippen molar-refractivity contribution < 1.29 is 18.0 Å². The normalized spacial score (nSPS) is 16.1. The molecule has 4 aromatic rings. The van der Waals surface area contributed by atoms with Crippen molar-refractivity contribution in [2.45, 2.75) is 17.7 Å². The number of hydrogen-bond acceptors (Lipinski definition) is 8. The topological polar surface area (TPSA) is 97.9 Å². The van der Waals surface area contributed by atoms with Crippen LogP contribution in [0.2, 0.25) is 0 Å². The van der Waals surface area contributed by atoms with Crippen molar-refractivity contribution >= 4 is 23.4 Å². The van der Waals surface area contributed by atoms with E-state index in [1.165, 1.54) is 16.8 Å². The lowest BCUT2D eigenvalue weighted by Gasteiger charge is -2.19. The highest BCUT2D eigenvalue weighted by Gasteiger charge is 2.35. The van der Waals surface area contributed by atoms with Gasteiger partial charge in [-0.05, 0) is 36.4 Å². The van der Waals surface area contributed by atoms with Crippen LogP contribution in [0.5, 0.6) is 0 Å². The maximum atomic E-state index is 13.0. The van der Waals surface area contributed by atoms with Crippen LogP contribution < -0.4 is 0 Å². The predicted molar refractivity (Wildman–Crippen MR) is 109 cm³/mol. The summed E-state index contributed by atoms with van der Waals surface area (Å²) in [6.07, 6.45) is 3.68. The summed E-state index contributed by atoms with van der Waals surface area (Å²) >= 11 is 1.17. The number of nitrogens with zero attached hydrogens (tertiary/aromatic N) is 4. The average Bonchev–Trinajstić information content (AvgIpc) is 3.57. The molecule has 1 aromatic carbocycles. The van der Waals surface area contributed by atoms with Crippen molar-refractivity contribution in [3.63, 3.8) is 0 Å². The van der Waals surface area contributed by atoms with Gasteiger partial charge in [-0.1, -0.05) is 30.0 Å². The van der Waals surface area contributed by atoms with E-state index in [2.05, 4.69) is 15.3 Å². The molecular formula is C21H16N4O4S. The van der Waals surface area contributed by atoms with E-state index in [0.717, 1.165) is 5.56 Å². The third-order valence-corrected chi connectivity index (χ3v) is 5.39. The summed E-state index contributed by atoms with van der Waals surface area (Å²) in [6, 6.07) is 16.4. The number of hydrazone groups is 1. The van der Waals surface area contributed by atoms with Gasteiger partial charge < -0.3 is 13.3 Å². The molecule has 4 heterocycles. The molecule has 150 valence electrons. The Kier molecular flexibility index (Phi) is 4.94. The Morgan fingerprint density at radius 2 is 1.87 bits per heavy atom. The molecule has 9 heteroatoms. The number of carbonyl (C=O) groups is 1. The van der Waals surface area contributed by atoms with Gasteiger partial charge in [0.1, 0.15) is 23.3 Å². The summed E-state index contributed by atoms with van der Waals surface area (Å²) in [5.74, 6) is 1.63. The van der Waals surface area contributed by atoms with Gasteiger partial charge in [-0.15, -0.1) is 10.2 Å². The van der Waals surface area contributed by atoms with E-state index in [-0.39, 0.29) is 17.7 Å². The summed E-state index contributed by atoms with van der Waals surface area (Å²) in [5, 5.41) is 14.3. The van der Waals surface area contributed by atoms with Crippen LogP contribution in [0.1, 0.15) is 24.0 Å². The predicted octanol–water partition coefficient (Wildman–Crippen LogP) is 4.39. The number of rotatable bonds is 6. The van der Waals surface area contributed by atoms with E-state index in [1.807, 2.05) is 42.5 Å². The second kappa shape index (κ2) is 8.03. The van der Waals surface area contributed by atoms with Crippen molar-refractivity contribution in [3.8, 4) is 11.5 Å². The number of carbonyl (C=O) groups excluding carboxylic acids is 1. The number of aromatic nitrogens is 2. The molecule has 0 aliphatic carbocycles. The van der Waals surface area contributed by atoms with Crippen LogP contribution in [0.3, 0.4) is 0 Å². The quantitative estimate of drug-likeness (QED) is 0.427. The number of thioether (sulfide) groups is 1. The fraction of sp³-hybridized carbons (Fsp3) is 0.143. The van der Waals surface area contributed by atoms with Gasteiger partial charge in [0, 0.05) is 12.0 Å². The lowest BCUT2D eigenvalue weighted by molar-refractivity contribution is -0.130. The zero-order chi connectivity index (χ0) is 20.3. The molecule has 1 atom stereocenters. The van der Waals surface area contributed by atoms with E-state index in [4.69, 9.17) is 13.3 Å². The second-order valence-electron chi connectivity index (χ2n) is 6.53. The maximum Gasteiger partial charge on any atom is 0.277 e. The molecule has 0 bridgehead atoms. The molecule has 3 aromatic heterocycles. The lowest BCUT2D eigenvalue weighted by Crippen LogP contribution is -2.28. The molecule has 0 spiro atoms. The highest BCUT2D eigenvalue weighted by Crippen LogP contribution is 2.34. The zero-order valence-electron chi connectivity index (χ0n) is 15.7. The summed E-state index contributed by atoms with van der Waals surface area (Å²) in [5.41, 5.74) is 1.53. The minimum Gasteiger partial charge on any atom is -0.467 e. The third-order valence-electron chi connectivity index (χ3n) is 4.59. The van der Waals surface area contributed by atoms with Gasteiger partial charge in [-0.3, -0.25) is 4.79 Å². The Morgan fingerprint density at radius 3 is 2.63 bits per heavy atom. The molecule has 8 nitrogen and oxygen atoms in total. The van der Waals surface area contributed by atoms with Gasteiger partial charge in [-0.2, -0.15) is 5.10 Å². The minimum atomic E-state index is -0.323. The Bertz CT molecular complexity index is 1150. The van der Waals surface area contributed by atoms with Crippen molar-refractivity contribution in [3.05, 3.63) is 78.6 Å². The molecule has 1 aliphatic heterocycles. The fourth-order valence-corrected chi connectivity index (χ4v) is 3.81. The van der Waals surface area contributed by atoms with E-state index >= 15 is 0 Å². The van der Waals surface area contributed by atoms with Crippen molar-refractivity contribution in [1.29, 1.82) is 0 Å². The first-order valence-electron chi connectivity index (χ1n) is 9.26. The molecule has 0 fully saturated rings. The largest absolute Gasteiger partial charge is 0.467 e. The van der Waals surface area contributed by atoms with Gasteiger partial charge in [0.15, 0.2) is 0 Å². The third kappa shape index (κ3) is 3.67. The van der Waals surface area contributed by atoms with Gasteiger partial charge in [0.2, 0.25) is 5.89 Å². The average molecular weight is 420 g/mol. The highest BCUT2D eigenvalue weighted by atomic mass is 32.2. The van der Waals surface area contributed by atoms with Crippen LogP contribution in [0.4, 0.5) is 0 Å². The maximum absolute atomic E-state index is 13.0. The van der Waals surface area contributed by atoms with Crippen LogP contribution in [0, 0.1) is 0 Å². The summed E-state index contributed by atoms with van der Waals surface area (Å²) in [6.45, 7) is 0. The van der Waals surface area contributed by atoms with Crippen LogP contribution >= 0.6 is 11.8 Å². The van der Waals surface area contributed by atoms with Gasteiger partial charge >= 0.3 is 0 Å². The zero-order valence-corrected chi connectivity index (χ0v) is 16.5. The number of hydrogen-bond donors (Lipinski definition) is 0. The summed E-state index contributed by atoms with van der Waals surface area (Å²) in [7, 11) is 0. The van der Waals surface area contributed by atoms with Crippen LogP contribution in [0.25, 0.3) is 11.5 Å². The van der Waals surface area contributed by atoms with Gasteiger partial charge in [-0.25, -0.2) is 5.01 Å². The van der Waals surface area contributed by atoms with Gasteiger partial charge in [0.25, 0.3) is 11.1 Å². The molecule has 30 heavy (non-hydrogen) atoms. The van der Waals surface area contributed by atoms with Crippen molar-refractivity contribution in [2.24, 2.45) is 5.10 Å². The molecule has 0 saturated heterocycles. The van der Waals surface area contributed by atoms with Crippen LogP contribution in [0.15, 0.2) is 90.7 Å². The first-order valence-corrected chi connectivity index (χ1v) is 10.2. The van der Waals surface area contributed by atoms with E-state index in [9.17, 15) is 4.79 Å². The Morgan fingerprint density at radius 1 is 1.03 bits per heavy atom. The number of furan rings is 2. The van der Waals surface area contributed by atoms with Crippen molar-refractivity contribution in [1.82, 2.24) is 15.2 Å². The summed E-state index contributed by atoms with van der Waals surface area (Å²) in [4.78, 5) is 13.0. The Hall–Kier alpha value is -3.59. The molecule has 0 saturated carbocycles. The second-order valence-corrected chi connectivity index (χ2v) is 7.45. The Balaban J connectivity index is 1.31. The standard InChI is InChI=1S/C21H16N4O4S/c26-19(13-30-21-23-22-20(29-21)14-6-2-1-3-7-14)25-16(18-9-5-11-28-18)12-15(24-25)17-8-4-10-27-17/h1-11,16H,12-13H2. The number of amides is 1. The molecule has 1 aliphatic rings. The molecule has 5 rings (SSSR count). The molecule has 0 N–H and O–H groups in total. The fourth-order valence-electron chi connectivity index (χ4n) is 3.19. The molecule has 1 unspecified atom stereocenters. The molecule has 0 radical (unpaired) electrons. The van der Waals surface area contributed by atoms with Crippen LogP contribution in [-0.2, 0) is 4.79 Å². The SMILES string of the molecule is O=C(CSc1nnc(-c2ccccc2)o1)N1N=C(c2ccco2)CC1c1ccco1.